The minimum atomic E-state index is -1.21. The number of carbonyl (C=O) groups is 2. The van der Waals surface area contributed by atoms with Crippen LogP contribution in [0.15, 0.2) is 0 Å². The van der Waals surface area contributed by atoms with E-state index in [0.717, 1.165) is 12.8 Å². The van der Waals surface area contributed by atoms with Crippen molar-refractivity contribution < 1.29 is 19.8 Å². The summed E-state index contributed by atoms with van der Waals surface area (Å²) in [4.78, 5) is 24.4. The molecular formula is C19H36O4. The molecule has 0 fully saturated rings. The molecule has 2 N–H and O–H groups in total. The molecule has 0 bridgehead atoms. The van der Waals surface area contributed by atoms with E-state index in [0.29, 0.717) is 19.3 Å². The highest BCUT2D eigenvalue weighted by atomic mass is 16.4. The summed E-state index contributed by atoms with van der Waals surface area (Å²) in [7, 11) is 0. The van der Waals surface area contributed by atoms with Crippen molar-refractivity contribution in [1.29, 1.82) is 0 Å². The molecule has 4 atom stereocenters. The summed E-state index contributed by atoms with van der Waals surface area (Å²) < 4.78 is 0. The molecule has 4 heteroatoms. The van der Waals surface area contributed by atoms with Gasteiger partial charge < -0.3 is 10.2 Å². The third-order valence-electron chi connectivity index (χ3n) is 4.99. The summed E-state index contributed by atoms with van der Waals surface area (Å²) in [5, 5.41) is 20.0. The summed E-state index contributed by atoms with van der Waals surface area (Å²) in [6.07, 6.45) is 3.37. The molecular weight excluding hydrogens is 292 g/mol. The van der Waals surface area contributed by atoms with Crippen molar-refractivity contribution in [2.75, 3.05) is 0 Å². The molecule has 0 aliphatic rings. The quantitative estimate of drug-likeness (QED) is 0.587. The Bertz CT molecular complexity index is 397. The van der Waals surface area contributed by atoms with Crippen LogP contribution in [-0.4, -0.2) is 22.2 Å². The lowest BCUT2D eigenvalue weighted by Gasteiger charge is -2.44. The lowest BCUT2D eigenvalue weighted by atomic mass is 9.58. The van der Waals surface area contributed by atoms with Gasteiger partial charge >= 0.3 is 11.9 Å². The fourth-order valence-corrected chi connectivity index (χ4v) is 4.27. The van der Waals surface area contributed by atoms with Crippen LogP contribution in [-0.2, 0) is 9.59 Å². The molecule has 0 heterocycles. The molecule has 0 saturated heterocycles. The van der Waals surface area contributed by atoms with Crippen LogP contribution >= 0.6 is 0 Å². The topological polar surface area (TPSA) is 74.6 Å². The molecule has 0 aromatic heterocycles. The van der Waals surface area contributed by atoms with E-state index in [-0.39, 0.29) is 17.3 Å². The van der Waals surface area contributed by atoms with Crippen LogP contribution in [0.25, 0.3) is 0 Å². The van der Waals surface area contributed by atoms with Gasteiger partial charge in [0, 0.05) is 0 Å². The van der Waals surface area contributed by atoms with E-state index in [1.807, 2.05) is 27.7 Å². The minimum absolute atomic E-state index is 0.0368. The van der Waals surface area contributed by atoms with E-state index in [9.17, 15) is 19.8 Å². The molecule has 0 aromatic carbocycles. The van der Waals surface area contributed by atoms with E-state index < -0.39 is 23.3 Å². The highest BCUT2D eigenvalue weighted by molar-refractivity contribution is 5.84. The molecule has 0 radical (unpaired) electrons. The molecule has 23 heavy (non-hydrogen) atoms. The van der Waals surface area contributed by atoms with Crippen molar-refractivity contribution in [3.8, 4) is 0 Å². The van der Waals surface area contributed by atoms with E-state index in [4.69, 9.17) is 0 Å². The number of carboxylic acid groups (broad SMARTS) is 2. The second-order valence-corrected chi connectivity index (χ2v) is 8.34. The molecule has 0 aliphatic heterocycles. The second kappa shape index (κ2) is 8.70. The smallest absolute Gasteiger partial charge is 0.310 e. The summed E-state index contributed by atoms with van der Waals surface area (Å²) in [6, 6.07) is 0. The normalized spacial score (nSPS) is 18.7. The lowest BCUT2D eigenvalue weighted by molar-refractivity contribution is -0.172. The van der Waals surface area contributed by atoms with Gasteiger partial charge in [0.15, 0.2) is 0 Å². The molecule has 4 unspecified atom stereocenters. The third kappa shape index (κ3) is 5.50. The number of aliphatic carboxylic acids is 2. The first-order valence-electron chi connectivity index (χ1n) is 8.90. The van der Waals surface area contributed by atoms with Crippen LogP contribution in [0.2, 0.25) is 0 Å². The maximum absolute atomic E-state index is 12.3. The first-order chi connectivity index (χ1) is 10.4. The van der Waals surface area contributed by atoms with Crippen LogP contribution in [0, 0.1) is 28.6 Å². The first kappa shape index (κ1) is 21.9. The highest BCUT2D eigenvalue weighted by Crippen LogP contribution is 2.49. The average molecular weight is 328 g/mol. The molecule has 136 valence electrons. The first-order valence-corrected chi connectivity index (χ1v) is 8.90. The number of carboxylic acids is 2. The van der Waals surface area contributed by atoms with Crippen molar-refractivity contribution in [3.63, 3.8) is 0 Å². The van der Waals surface area contributed by atoms with Gasteiger partial charge in [-0.05, 0) is 30.1 Å². The van der Waals surface area contributed by atoms with Crippen LogP contribution in [0.1, 0.15) is 80.6 Å². The maximum atomic E-state index is 12.3. The van der Waals surface area contributed by atoms with Gasteiger partial charge in [-0.3, -0.25) is 9.59 Å². The highest BCUT2D eigenvalue weighted by Gasteiger charge is 2.54. The summed E-state index contributed by atoms with van der Waals surface area (Å²) in [5.41, 5.74) is -1.24. The van der Waals surface area contributed by atoms with Crippen LogP contribution in [0.5, 0.6) is 0 Å². The lowest BCUT2D eigenvalue weighted by Crippen LogP contribution is -2.50. The summed E-state index contributed by atoms with van der Waals surface area (Å²) in [6.45, 7) is 14.0. The number of hydrogen-bond donors (Lipinski definition) is 2. The van der Waals surface area contributed by atoms with Gasteiger partial charge in [-0.25, -0.2) is 0 Å². The predicted molar refractivity (Wildman–Crippen MR) is 93.4 cm³/mol. The van der Waals surface area contributed by atoms with Gasteiger partial charge in [0.05, 0.1) is 11.3 Å². The Hall–Kier alpha value is -1.06. The van der Waals surface area contributed by atoms with Gasteiger partial charge in [-0.15, -0.1) is 0 Å². The van der Waals surface area contributed by atoms with Gasteiger partial charge in [0.25, 0.3) is 0 Å². The molecule has 0 aromatic rings. The molecule has 0 saturated carbocycles. The fourth-order valence-electron chi connectivity index (χ4n) is 4.27. The Morgan fingerprint density at radius 3 is 1.83 bits per heavy atom. The molecule has 0 amide bonds. The molecule has 0 spiro atoms. The minimum Gasteiger partial charge on any atom is -0.481 e. The van der Waals surface area contributed by atoms with Gasteiger partial charge in [0.1, 0.15) is 0 Å². The SMILES string of the molecule is CCCC(C)C(C(=O)O)C(CCC)(C(=O)O)C(C)CC(C)(C)C. The van der Waals surface area contributed by atoms with Crippen LogP contribution < -0.4 is 0 Å². The maximum Gasteiger partial charge on any atom is 0.310 e. The summed E-state index contributed by atoms with van der Waals surface area (Å²) >= 11 is 0. The Kier molecular flexibility index (Phi) is 8.30. The van der Waals surface area contributed by atoms with E-state index in [1.165, 1.54) is 0 Å². The molecule has 4 nitrogen and oxygen atoms in total. The predicted octanol–water partition coefficient (Wildman–Crippen LogP) is 5.07. The van der Waals surface area contributed by atoms with E-state index in [1.54, 1.807) is 0 Å². The van der Waals surface area contributed by atoms with Gasteiger partial charge in [0.2, 0.25) is 0 Å². The van der Waals surface area contributed by atoms with E-state index >= 15 is 0 Å². The molecule has 0 rings (SSSR count). The van der Waals surface area contributed by atoms with Gasteiger partial charge in [-0.2, -0.15) is 0 Å². The largest absolute Gasteiger partial charge is 0.481 e. The van der Waals surface area contributed by atoms with Gasteiger partial charge in [-0.1, -0.05) is 67.7 Å². The summed E-state index contributed by atoms with van der Waals surface area (Å²) in [5.74, 6) is -3.12. The average Bonchev–Trinajstić information content (AvgIpc) is 2.35. The monoisotopic (exact) mass is 328 g/mol. The fraction of sp³-hybridized carbons (Fsp3) is 0.895. The van der Waals surface area contributed by atoms with Crippen molar-refractivity contribution in [2.24, 2.45) is 28.6 Å². The van der Waals surface area contributed by atoms with Crippen molar-refractivity contribution in [3.05, 3.63) is 0 Å². The Morgan fingerprint density at radius 2 is 1.52 bits per heavy atom. The van der Waals surface area contributed by atoms with Crippen molar-refractivity contribution >= 4 is 11.9 Å². The zero-order chi connectivity index (χ0) is 18.4. The standard InChI is InChI=1S/C19H36O4/c1-8-10-13(3)15(16(20)21)19(11-9-2,17(22)23)14(4)12-18(5,6)7/h13-15H,8-12H2,1-7H3,(H,20,21)(H,22,23). The number of hydrogen-bond acceptors (Lipinski definition) is 2. The Labute approximate surface area is 141 Å². The molecule has 0 aliphatic carbocycles. The van der Waals surface area contributed by atoms with Crippen molar-refractivity contribution in [1.82, 2.24) is 0 Å². The van der Waals surface area contributed by atoms with E-state index in [2.05, 4.69) is 20.8 Å². The third-order valence-corrected chi connectivity index (χ3v) is 4.99. The zero-order valence-corrected chi connectivity index (χ0v) is 16.0. The van der Waals surface area contributed by atoms with Crippen molar-refractivity contribution in [2.45, 2.75) is 80.6 Å². The Balaban J connectivity index is 6.06. The second-order valence-electron chi connectivity index (χ2n) is 8.34. The van der Waals surface area contributed by atoms with Crippen LogP contribution in [0.4, 0.5) is 0 Å². The Morgan fingerprint density at radius 1 is 1.00 bits per heavy atom. The van der Waals surface area contributed by atoms with Crippen LogP contribution in [0.3, 0.4) is 0 Å². The zero-order valence-electron chi connectivity index (χ0n) is 16.0. The number of rotatable bonds is 10.